The first-order valence-corrected chi connectivity index (χ1v) is 8.36. The third kappa shape index (κ3) is 3.45. The number of benzene rings is 1. The predicted molar refractivity (Wildman–Crippen MR) is 81.8 cm³/mol. The quantitative estimate of drug-likeness (QED) is 0.690. The highest BCUT2D eigenvalue weighted by molar-refractivity contribution is 8.16. The van der Waals surface area contributed by atoms with Gasteiger partial charge in [-0.05, 0) is 35.3 Å². The zero-order valence-electron chi connectivity index (χ0n) is 11.2. The molecule has 0 bridgehead atoms. The minimum atomic E-state index is 0.457. The molecule has 2 rings (SSSR count). The molecule has 17 heavy (non-hydrogen) atoms. The van der Waals surface area contributed by atoms with Gasteiger partial charge in [-0.15, -0.1) is 23.5 Å². The van der Waals surface area contributed by atoms with Crippen LogP contribution in [0, 0.1) is 18.3 Å². The lowest BCUT2D eigenvalue weighted by molar-refractivity contribution is 0.292. The van der Waals surface area contributed by atoms with Crippen LogP contribution >= 0.6 is 23.5 Å². The molecule has 0 nitrogen and oxygen atoms in total. The summed E-state index contributed by atoms with van der Waals surface area (Å²) in [4.78, 5) is 0. The molecular weight excluding hydrogens is 244 g/mol. The lowest BCUT2D eigenvalue weighted by Gasteiger charge is -2.36. The van der Waals surface area contributed by atoms with E-state index in [1.807, 2.05) is 0 Å². The van der Waals surface area contributed by atoms with Gasteiger partial charge in [-0.1, -0.05) is 50.6 Å². The first kappa shape index (κ1) is 13.4. The van der Waals surface area contributed by atoms with Crippen LogP contribution in [0.5, 0.6) is 0 Å². The summed E-state index contributed by atoms with van der Waals surface area (Å²) in [5.41, 5.74) is 3.29. The van der Waals surface area contributed by atoms with Crippen molar-refractivity contribution in [3.05, 3.63) is 35.4 Å². The molecule has 0 atom stereocenters. The summed E-state index contributed by atoms with van der Waals surface area (Å²) in [5, 5.41) is 0. The van der Waals surface area contributed by atoms with Crippen molar-refractivity contribution in [1.29, 1.82) is 0 Å². The van der Waals surface area contributed by atoms with Gasteiger partial charge in [0.25, 0.3) is 0 Å². The number of rotatable bonds is 1. The molecule has 94 valence electrons. The highest BCUT2D eigenvalue weighted by Gasteiger charge is 2.30. The highest BCUT2D eigenvalue weighted by atomic mass is 32.2. The Hall–Kier alpha value is -0.0800. The van der Waals surface area contributed by atoms with Crippen LogP contribution in [0.2, 0.25) is 0 Å². The molecule has 0 amide bonds. The lowest BCUT2D eigenvalue weighted by Crippen LogP contribution is -2.27. The van der Waals surface area contributed by atoms with Crippen molar-refractivity contribution in [2.75, 3.05) is 11.5 Å². The van der Waals surface area contributed by atoms with E-state index >= 15 is 0 Å². The lowest BCUT2D eigenvalue weighted by atomic mass is 9.83. The minimum Gasteiger partial charge on any atom is -0.142 e. The van der Waals surface area contributed by atoms with E-state index in [9.17, 15) is 0 Å². The Labute approximate surface area is 114 Å². The first-order valence-electron chi connectivity index (χ1n) is 6.26. The van der Waals surface area contributed by atoms with E-state index in [1.165, 1.54) is 22.6 Å². The normalized spacial score (nSPS) is 25.9. The van der Waals surface area contributed by atoms with Gasteiger partial charge in [0.05, 0.1) is 4.58 Å². The van der Waals surface area contributed by atoms with Gasteiger partial charge in [0.2, 0.25) is 0 Å². The SMILES string of the molecule is Cc1ccc(C2SCC(C(C)(C)C)CS2)cc1. The first-order chi connectivity index (χ1) is 7.97. The maximum atomic E-state index is 2.37. The summed E-state index contributed by atoms with van der Waals surface area (Å²) < 4.78 is 0.647. The van der Waals surface area contributed by atoms with Gasteiger partial charge in [0.15, 0.2) is 0 Å². The number of hydrogen-bond donors (Lipinski definition) is 0. The van der Waals surface area contributed by atoms with Crippen molar-refractivity contribution >= 4 is 23.5 Å². The Morgan fingerprint density at radius 2 is 1.53 bits per heavy atom. The molecule has 0 saturated carbocycles. The van der Waals surface area contributed by atoms with E-state index in [0.29, 0.717) is 10.00 Å². The summed E-state index contributed by atoms with van der Waals surface area (Å²) in [6.45, 7) is 9.25. The Kier molecular flexibility index (Phi) is 4.14. The molecule has 0 N–H and O–H groups in total. The molecule has 0 spiro atoms. The largest absolute Gasteiger partial charge is 0.142 e. The molecule has 0 aliphatic carbocycles. The third-order valence-corrected chi connectivity index (χ3v) is 6.63. The maximum Gasteiger partial charge on any atom is 0.0751 e. The molecule has 1 fully saturated rings. The molecule has 1 aliphatic rings. The van der Waals surface area contributed by atoms with E-state index in [1.54, 1.807) is 0 Å². The average Bonchev–Trinajstić information content (AvgIpc) is 2.29. The molecule has 1 heterocycles. The van der Waals surface area contributed by atoms with E-state index in [2.05, 4.69) is 75.5 Å². The van der Waals surface area contributed by atoms with Crippen LogP contribution in [0.4, 0.5) is 0 Å². The van der Waals surface area contributed by atoms with Gasteiger partial charge < -0.3 is 0 Å². The number of thioether (sulfide) groups is 2. The Bertz CT molecular complexity index is 354. The Morgan fingerprint density at radius 3 is 2.00 bits per heavy atom. The van der Waals surface area contributed by atoms with Crippen LogP contribution in [0.15, 0.2) is 24.3 Å². The summed E-state index contributed by atoms with van der Waals surface area (Å²) in [5.74, 6) is 3.45. The predicted octanol–water partition coefficient (Wildman–Crippen LogP) is 5.14. The van der Waals surface area contributed by atoms with Crippen molar-refractivity contribution in [3.8, 4) is 0 Å². The topological polar surface area (TPSA) is 0 Å². The standard InChI is InChI=1S/C15H22S2/c1-11-5-7-12(8-6-11)14-16-9-13(10-17-14)15(2,3)4/h5-8,13-14H,9-10H2,1-4H3. The van der Waals surface area contributed by atoms with Crippen molar-refractivity contribution in [3.63, 3.8) is 0 Å². The minimum absolute atomic E-state index is 0.457. The van der Waals surface area contributed by atoms with Gasteiger partial charge in [0, 0.05) is 0 Å². The van der Waals surface area contributed by atoms with E-state index in [0.717, 1.165) is 5.92 Å². The van der Waals surface area contributed by atoms with Crippen LogP contribution in [-0.2, 0) is 0 Å². The molecule has 0 unspecified atom stereocenters. The zero-order valence-corrected chi connectivity index (χ0v) is 12.8. The Morgan fingerprint density at radius 1 is 1.00 bits per heavy atom. The van der Waals surface area contributed by atoms with Gasteiger partial charge in [-0.2, -0.15) is 0 Å². The van der Waals surface area contributed by atoms with Gasteiger partial charge >= 0.3 is 0 Å². The monoisotopic (exact) mass is 266 g/mol. The highest BCUT2D eigenvalue weighted by Crippen LogP contribution is 2.49. The van der Waals surface area contributed by atoms with E-state index in [4.69, 9.17) is 0 Å². The van der Waals surface area contributed by atoms with E-state index < -0.39 is 0 Å². The fraction of sp³-hybridized carbons (Fsp3) is 0.600. The summed E-state index contributed by atoms with van der Waals surface area (Å²) >= 11 is 4.24. The smallest absolute Gasteiger partial charge is 0.0751 e. The fourth-order valence-corrected chi connectivity index (χ4v) is 5.67. The second kappa shape index (κ2) is 5.27. The number of aryl methyl sites for hydroxylation is 1. The second-order valence-corrected chi connectivity index (χ2v) is 8.55. The molecular formula is C15H22S2. The average molecular weight is 266 g/mol. The van der Waals surface area contributed by atoms with Crippen LogP contribution < -0.4 is 0 Å². The molecule has 1 aromatic rings. The molecule has 1 saturated heterocycles. The van der Waals surface area contributed by atoms with Crippen LogP contribution in [-0.4, -0.2) is 11.5 Å². The van der Waals surface area contributed by atoms with Crippen molar-refractivity contribution in [2.45, 2.75) is 32.3 Å². The Balaban J connectivity index is 1.97. The maximum absolute atomic E-state index is 2.37. The second-order valence-electron chi connectivity index (χ2n) is 5.97. The zero-order chi connectivity index (χ0) is 12.5. The molecule has 0 radical (unpaired) electrons. The number of hydrogen-bond acceptors (Lipinski definition) is 2. The summed E-state index contributed by atoms with van der Waals surface area (Å²) in [6, 6.07) is 9.04. The molecule has 1 aliphatic heterocycles. The van der Waals surface area contributed by atoms with E-state index in [-0.39, 0.29) is 0 Å². The van der Waals surface area contributed by atoms with Crippen molar-refractivity contribution in [1.82, 2.24) is 0 Å². The van der Waals surface area contributed by atoms with Crippen LogP contribution in [0.1, 0.15) is 36.5 Å². The van der Waals surface area contributed by atoms with Crippen LogP contribution in [0.25, 0.3) is 0 Å². The fourth-order valence-electron chi connectivity index (χ4n) is 1.92. The molecule has 0 aromatic heterocycles. The van der Waals surface area contributed by atoms with Crippen molar-refractivity contribution in [2.24, 2.45) is 11.3 Å². The van der Waals surface area contributed by atoms with Crippen molar-refractivity contribution < 1.29 is 0 Å². The molecule has 2 heteroatoms. The van der Waals surface area contributed by atoms with Gasteiger partial charge in [-0.3, -0.25) is 0 Å². The summed E-state index contributed by atoms with van der Waals surface area (Å²) in [7, 11) is 0. The van der Waals surface area contributed by atoms with Crippen LogP contribution in [0.3, 0.4) is 0 Å². The third-order valence-electron chi connectivity index (χ3n) is 3.47. The van der Waals surface area contributed by atoms with Gasteiger partial charge in [0.1, 0.15) is 0 Å². The summed E-state index contributed by atoms with van der Waals surface area (Å²) in [6.07, 6.45) is 0. The van der Waals surface area contributed by atoms with Gasteiger partial charge in [-0.25, -0.2) is 0 Å². The molecule has 1 aromatic carbocycles.